The van der Waals surface area contributed by atoms with Gasteiger partial charge in [-0.1, -0.05) is 12.1 Å². The van der Waals surface area contributed by atoms with Crippen molar-refractivity contribution in [3.8, 4) is 29.9 Å². The van der Waals surface area contributed by atoms with Crippen molar-refractivity contribution in [1.29, 1.82) is 0 Å². The number of nitrogens with zero attached hydrogens (tertiary/aromatic N) is 3. The van der Waals surface area contributed by atoms with Crippen LogP contribution in [0.2, 0.25) is 0 Å². The first-order valence-corrected chi connectivity index (χ1v) is 9.70. The van der Waals surface area contributed by atoms with E-state index in [0.717, 1.165) is 50.6 Å². The molecule has 2 heterocycles. The van der Waals surface area contributed by atoms with Crippen LogP contribution < -0.4 is 9.64 Å². The van der Waals surface area contributed by atoms with Gasteiger partial charge in [0.15, 0.2) is 11.8 Å². The lowest BCUT2D eigenvalue weighted by atomic mass is 10.1. The molecular weight excluding hydrogens is 354 g/mol. The third-order valence-electron chi connectivity index (χ3n) is 5.50. The first-order valence-electron chi connectivity index (χ1n) is 9.70. The fourth-order valence-electron chi connectivity index (χ4n) is 3.85. The fraction of sp³-hybridized carbons (Fsp3) is 0.455. The van der Waals surface area contributed by atoms with E-state index < -0.39 is 0 Å². The molecule has 3 rings (SSSR count). The van der Waals surface area contributed by atoms with E-state index in [0.29, 0.717) is 24.1 Å². The van der Waals surface area contributed by atoms with Crippen LogP contribution in [0.1, 0.15) is 17.5 Å². The van der Waals surface area contributed by atoms with Gasteiger partial charge in [0.1, 0.15) is 5.75 Å². The van der Waals surface area contributed by atoms with E-state index >= 15 is 0 Å². The van der Waals surface area contributed by atoms with Crippen molar-refractivity contribution in [3.63, 3.8) is 0 Å². The highest BCUT2D eigenvalue weighted by Crippen LogP contribution is 2.33. The maximum absolute atomic E-state index is 10.3. The van der Waals surface area contributed by atoms with E-state index in [4.69, 9.17) is 11.2 Å². The van der Waals surface area contributed by atoms with Gasteiger partial charge in [-0.3, -0.25) is 9.47 Å². The zero-order chi connectivity index (χ0) is 20.1. The fourth-order valence-corrected chi connectivity index (χ4v) is 3.85. The van der Waals surface area contributed by atoms with Crippen LogP contribution in [0.3, 0.4) is 0 Å². The molecule has 1 aliphatic rings. The Bertz CT molecular complexity index is 845. The van der Waals surface area contributed by atoms with Crippen molar-refractivity contribution in [2.24, 2.45) is 0 Å². The number of ether oxygens (including phenoxy) is 1. The number of aromatic nitrogens is 1. The van der Waals surface area contributed by atoms with Crippen molar-refractivity contribution < 1.29 is 14.9 Å². The Balaban J connectivity index is 1.52. The standard InChI is InChI=1S/C22H29N3O3/c1-4-8-18-17(2)21(26)25(22(18)27)12-7-11-23-13-15-24(16-14-23)19-9-5-6-10-20(19)28-3/h1,5-6,9-10,26-27H,7-8,11-16H2,2-3H3. The molecule has 1 aromatic carbocycles. The Kier molecular flexibility index (Phi) is 6.37. The predicted octanol–water partition coefficient (Wildman–Crippen LogP) is 2.60. The van der Waals surface area contributed by atoms with Crippen molar-refractivity contribution in [1.82, 2.24) is 9.47 Å². The van der Waals surface area contributed by atoms with Crippen molar-refractivity contribution in [2.75, 3.05) is 44.7 Å². The number of hydrogen-bond donors (Lipinski definition) is 2. The highest BCUT2D eigenvalue weighted by atomic mass is 16.5. The Hall–Kier alpha value is -2.78. The average molecular weight is 383 g/mol. The second-order valence-electron chi connectivity index (χ2n) is 7.14. The number of benzene rings is 1. The third-order valence-corrected chi connectivity index (χ3v) is 5.50. The molecule has 0 radical (unpaired) electrons. The summed E-state index contributed by atoms with van der Waals surface area (Å²) in [5.41, 5.74) is 2.45. The average Bonchev–Trinajstić information content (AvgIpc) is 2.92. The second-order valence-corrected chi connectivity index (χ2v) is 7.14. The molecule has 0 atom stereocenters. The van der Waals surface area contributed by atoms with E-state index in [-0.39, 0.29) is 11.8 Å². The minimum Gasteiger partial charge on any atom is -0.495 e. The molecule has 1 aliphatic heterocycles. The van der Waals surface area contributed by atoms with Gasteiger partial charge in [-0.05, 0) is 32.0 Å². The summed E-state index contributed by atoms with van der Waals surface area (Å²) in [6, 6.07) is 8.12. The molecule has 0 bridgehead atoms. The van der Waals surface area contributed by atoms with Gasteiger partial charge < -0.3 is 19.8 Å². The zero-order valence-corrected chi connectivity index (χ0v) is 16.7. The SMILES string of the molecule is C#CCc1c(C)c(O)n(CCCN2CCN(c3ccccc3OC)CC2)c1O. The third kappa shape index (κ3) is 4.05. The number of methoxy groups -OCH3 is 1. The second kappa shape index (κ2) is 8.94. The van der Waals surface area contributed by atoms with Crippen LogP contribution in [-0.4, -0.2) is 59.5 Å². The molecule has 28 heavy (non-hydrogen) atoms. The van der Waals surface area contributed by atoms with Gasteiger partial charge in [-0.2, -0.15) is 0 Å². The maximum atomic E-state index is 10.3. The number of anilines is 1. The van der Waals surface area contributed by atoms with E-state index in [1.807, 2.05) is 18.2 Å². The van der Waals surface area contributed by atoms with Gasteiger partial charge in [0.25, 0.3) is 0 Å². The van der Waals surface area contributed by atoms with Crippen LogP contribution in [0.25, 0.3) is 0 Å². The quantitative estimate of drug-likeness (QED) is 0.720. The number of terminal acetylenes is 1. The van der Waals surface area contributed by atoms with Gasteiger partial charge in [0, 0.05) is 50.3 Å². The zero-order valence-electron chi connectivity index (χ0n) is 16.7. The maximum Gasteiger partial charge on any atom is 0.198 e. The van der Waals surface area contributed by atoms with Crippen molar-refractivity contribution >= 4 is 5.69 Å². The lowest BCUT2D eigenvalue weighted by molar-refractivity contribution is 0.245. The molecule has 0 amide bonds. The molecule has 1 saturated heterocycles. The molecule has 6 heteroatoms. The molecule has 0 unspecified atom stereocenters. The summed E-state index contributed by atoms with van der Waals surface area (Å²) < 4.78 is 7.04. The lowest BCUT2D eigenvalue weighted by Gasteiger charge is -2.36. The molecule has 2 aromatic rings. The lowest BCUT2D eigenvalue weighted by Crippen LogP contribution is -2.46. The summed E-state index contributed by atoms with van der Waals surface area (Å²) in [4.78, 5) is 4.77. The Morgan fingerprint density at radius 2 is 1.79 bits per heavy atom. The summed E-state index contributed by atoms with van der Waals surface area (Å²) >= 11 is 0. The summed E-state index contributed by atoms with van der Waals surface area (Å²) in [7, 11) is 1.71. The smallest absolute Gasteiger partial charge is 0.198 e. The van der Waals surface area contributed by atoms with Gasteiger partial charge in [-0.25, -0.2) is 0 Å². The van der Waals surface area contributed by atoms with Crippen LogP contribution in [0.5, 0.6) is 17.5 Å². The molecule has 6 nitrogen and oxygen atoms in total. The number of piperazine rings is 1. The van der Waals surface area contributed by atoms with Gasteiger partial charge in [0.2, 0.25) is 0 Å². The first kappa shape index (κ1) is 20.0. The van der Waals surface area contributed by atoms with Crippen molar-refractivity contribution in [2.45, 2.75) is 26.3 Å². The first-order chi connectivity index (χ1) is 13.6. The van der Waals surface area contributed by atoms with E-state index in [9.17, 15) is 10.2 Å². The molecule has 0 spiro atoms. The molecular formula is C22H29N3O3. The Morgan fingerprint density at radius 3 is 2.46 bits per heavy atom. The Labute approximate surface area is 167 Å². The molecule has 1 aromatic heterocycles. The number of aromatic hydroxyl groups is 2. The normalized spacial score (nSPS) is 14.8. The topological polar surface area (TPSA) is 61.1 Å². The van der Waals surface area contributed by atoms with Gasteiger partial charge in [-0.15, -0.1) is 12.3 Å². The number of para-hydroxylation sites is 2. The van der Waals surface area contributed by atoms with E-state index in [1.54, 1.807) is 18.6 Å². The summed E-state index contributed by atoms with van der Waals surface area (Å²) in [6.07, 6.45) is 6.53. The van der Waals surface area contributed by atoms with Crippen LogP contribution in [-0.2, 0) is 13.0 Å². The minimum absolute atomic E-state index is 0.0916. The minimum atomic E-state index is 0.0916. The van der Waals surface area contributed by atoms with Crippen LogP contribution in [0.15, 0.2) is 24.3 Å². The van der Waals surface area contributed by atoms with Gasteiger partial charge in [0.05, 0.1) is 12.8 Å². The molecule has 2 N–H and O–H groups in total. The van der Waals surface area contributed by atoms with E-state index in [1.165, 1.54) is 0 Å². The van der Waals surface area contributed by atoms with Gasteiger partial charge >= 0.3 is 0 Å². The summed E-state index contributed by atoms with van der Waals surface area (Å²) in [6.45, 7) is 7.12. The van der Waals surface area contributed by atoms with Crippen LogP contribution in [0.4, 0.5) is 5.69 Å². The predicted molar refractivity (Wildman–Crippen MR) is 111 cm³/mol. The van der Waals surface area contributed by atoms with Crippen LogP contribution >= 0.6 is 0 Å². The summed E-state index contributed by atoms with van der Waals surface area (Å²) in [5.74, 6) is 3.65. The summed E-state index contributed by atoms with van der Waals surface area (Å²) in [5, 5.41) is 20.6. The molecule has 1 fully saturated rings. The molecule has 0 saturated carbocycles. The highest BCUT2D eigenvalue weighted by Gasteiger charge is 2.21. The van der Waals surface area contributed by atoms with Crippen molar-refractivity contribution in [3.05, 3.63) is 35.4 Å². The van der Waals surface area contributed by atoms with E-state index in [2.05, 4.69) is 21.8 Å². The number of rotatable bonds is 7. The largest absolute Gasteiger partial charge is 0.495 e. The molecule has 0 aliphatic carbocycles. The monoisotopic (exact) mass is 383 g/mol. The Morgan fingerprint density at radius 1 is 1.07 bits per heavy atom. The highest BCUT2D eigenvalue weighted by molar-refractivity contribution is 5.58. The number of hydrogen-bond acceptors (Lipinski definition) is 5. The van der Waals surface area contributed by atoms with Crippen LogP contribution in [0, 0.1) is 19.3 Å². The molecule has 150 valence electrons.